The van der Waals surface area contributed by atoms with Crippen LogP contribution in [0.4, 0.5) is 0 Å². The summed E-state index contributed by atoms with van der Waals surface area (Å²) in [5.74, 6) is 5.22. The lowest BCUT2D eigenvalue weighted by molar-refractivity contribution is -0.0145. The Morgan fingerprint density at radius 2 is 1.65 bits per heavy atom. The van der Waals surface area contributed by atoms with E-state index in [9.17, 15) is 0 Å². The molecule has 0 aromatic carbocycles. The summed E-state index contributed by atoms with van der Waals surface area (Å²) in [5, 5.41) is 7.45. The van der Waals surface area contributed by atoms with Gasteiger partial charge in [-0.1, -0.05) is 0 Å². The topological polar surface area (TPSA) is 24.1 Å². The summed E-state index contributed by atoms with van der Waals surface area (Å²) in [5.41, 5.74) is 0. The van der Waals surface area contributed by atoms with E-state index in [4.69, 9.17) is 0 Å². The van der Waals surface area contributed by atoms with Gasteiger partial charge in [0, 0.05) is 6.04 Å². The molecule has 96 valence electrons. The molecule has 0 spiro atoms. The molecule has 2 heteroatoms. The Kier molecular flexibility index (Phi) is 2.69. The van der Waals surface area contributed by atoms with Crippen LogP contribution in [-0.2, 0) is 0 Å². The number of hydrogen-bond donors (Lipinski definition) is 2. The van der Waals surface area contributed by atoms with Crippen LogP contribution in [0.25, 0.3) is 0 Å². The van der Waals surface area contributed by atoms with Crippen LogP contribution < -0.4 is 10.6 Å². The quantitative estimate of drug-likeness (QED) is 0.780. The molecule has 4 aliphatic carbocycles. The first-order chi connectivity index (χ1) is 8.38. The van der Waals surface area contributed by atoms with E-state index < -0.39 is 0 Å². The standard InChI is InChI=1S/C15H26N2/c1-2-16-8-10(1)9-17-15-13-4-11-3-12(6-13)7-14(15)5-11/h10-17H,1-9H2. The summed E-state index contributed by atoms with van der Waals surface area (Å²) < 4.78 is 0. The molecule has 1 heterocycles. The van der Waals surface area contributed by atoms with E-state index in [1.807, 2.05) is 0 Å². The monoisotopic (exact) mass is 234 g/mol. The van der Waals surface area contributed by atoms with Crippen molar-refractivity contribution in [3.05, 3.63) is 0 Å². The molecule has 2 N–H and O–H groups in total. The molecule has 0 amide bonds. The van der Waals surface area contributed by atoms with E-state index in [0.29, 0.717) is 0 Å². The van der Waals surface area contributed by atoms with Gasteiger partial charge in [-0.2, -0.15) is 0 Å². The summed E-state index contributed by atoms with van der Waals surface area (Å²) in [4.78, 5) is 0. The second kappa shape index (κ2) is 4.24. The second-order valence-electron chi connectivity index (χ2n) is 7.22. The predicted octanol–water partition coefficient (Wildman–Crippen LogP) is 2.01. The zero-order valence-corrected chi connectivity index (χ0v) is 10.8. The molecule has 1 saturated heterocycles. The van der Waals surface area contributed by atoms with Crippen molar-refractivity contribution in [2.75, 3.05) is 19.6 Å². The Labute approximate surface area is 105 Å². The lowest BCUT2D eigenvalue weighted by atomic mass is 9.54. The summed E-state index contributed by atoms with van der Waals surface area (Å²) in [7, 11) is 0. The summed E-state index contributed by atoms with van der Waals surface area (Å²) >= 11 is 0. The van der Waals surface area contributed by atoms with Gasteiger partial charge >= 0.3 is 0 Å². The lowest BCUT2D eigenvalue weighted by Crippen LogP contribution is -2.55. The van der Waals surface area contributed by atoms with Crippen molar-refractivity contribution in [3.63, 3.8) is 0 Å². The Bertz CT molecular complexity index is 255. The van der Waals surface area contributed by atoms with Gasteiger partial charge in [0.2, 0.25) is 0 Å². The van der Waals surface area contributed by atoms with Crippen molar-refractivity contribution in [1.29, 1.82) is 0 Å². The predicted molar refractivity (Wildman–Crippen MR) is 69.8 cm³/mol. The van der Waals surface area contributed by atoms with E-state index in [2.05, 4.69) is 10.6 Å². The third-order valence-electron chi connectivity index (χ3n) is 6.03. The average Bonchev–Trinajstić information content (AvgIpc) is 2.80. The molecule has 0 aromatic rings. The fourth-order valence-electron chi connectivity index (χ4n) is 5.45. The summed E-state index contributed by atoms with van der Waals surface area (Å²) in [6.45, 7) is 3.77. The molecule has 1 unspecified atom stereocenters. The van der Waals surface area contributed by atoms with Crippen molar-refractivity contribution >= 4 is 0 Å². The minimum atomic E-state index is 0.892. The molecule has 1 aliphatic heterocycles. The van der Waals surface area contributed by atoms with Crippen LogP contribution in [-0.4, -0.2) is 25.7 Å². The van der Waals surface area contributed by atoms with E-state index in [1.54, 1.807) is 32.1 Å². The maximum Gasteiger partial charge on any atom is 0.0124 e. The highest BCUT2D eigenvalue weighted by atomic mass is 15.0. The smallest absolute Gasteiger partial charge is 0.0124 e. The Balaban J connectivity index is 1.37. The minimum Gasteiger partial charge on any atom is -0.316 e. The molecule has 0 radical (unpaired) electrons. The molecule has 17 heavy (non-hydrogen) atoms. The molecule has 1 atom stereocenters. The first-order valence-corrected chi connectivity index (χ1v) is 7.82. The van der Waals surface area contributed by atoms with Crippen LogP contribution in [0.5, 0.6) is 0 Å². The number of rotatable bonds is 3. The third-order valence-corrected chi connectivity index (χ3v) is 6.03. The fraction of sp³-hybridized carbons (Fsp3) is 1.00. The lowest BCUT2D eigenvalue weighted by Gasteiger charge is -2.54. The number of hydrogen-bond acceptors (Lipinski definition) is 2. The van der Waals surface area contributed by atoms with E-state index in [-0.39, 0.29) is 0 Å². The van der Waals surface area contributed by atoms with Crippen molar-refractivity contribution in [2.45, 2.75) is 44.6 Å². The highest BCUT2D eigenvalue weighted by molar-refractivity contribution is 5.01. The maximum absolute atomic E-state index is 3.97. The largest absolute Gasteiger partial charge is 0.316 e. The van der Waals surface area contributed by atoms with Gasteiger partial charge in [0.05, 0.1) is 0 Å². The van der Waals surface area contributed by atoms with Crippen molar-refractivity contribution in [3.8, 4) is 0 Å². The van der Waals surface area contributed by atoms with Gasteiger partial charge in [-0.15, -0.1) is 0 Å². The van der Waals surface area contributed by atoms with Crippen LogP contribution in [0.1, 0.15) is 38.5 Å². The SMILES string of the molecule is C1CC(CNC2C3CC4CC(C3)CC2C4)CN1. The Morgan fingerprint density at radius 1 is 0.941 bits per heavy atom. The first-order valence-electron chi connectivity index (χ1n) is 7.82. The van der Waals surface area contributed by atoms with Crippen LogP contribution in [0.3, 0.4) is 0 Å². The Morgan fingerprint density at radius 3 is 2.24 bits per heavy atom. The minimum absolute atomic E-state index is 0.892. The summed E-state index contributed by atoms with van der Waals surface area (Å²) in [6.07, 6.45) is 9.16. The van der Waals surface area contributed by atoms with Gasteiger partial charge < -0.3 is 10.6 Å². The average molecular weight is 234 g/mol. The number of nitrogens with one attached hydrogen (secondary N) is 2. The van der Waals surface area contributed by atoms with Crippen LogP contribution in [0, 0.1) is 29.6 Å². The van der Waals surface area contributed by atoms with Gasteiger partial charge in [-0.3, -0.25) is 0 Å². The van der Waals surface area contributed by atoms with Crippen LogP contribution in [0.15, 0.2) is 0 Å². The molecule has 5 fully saturated rings. The molecule has 5 aliphatic rings. The van der Waals surface area contributed by atoms with Crippen LogP contribution >= 0.6 is 0 Å². The van der Waals surface area contributed by atoms with Crippen molar-refractivity contribution in [1.82, 2.24) is 10.6 Å². The molecule has 4 saturated carbocycles. The zero-order valence-electron chi connectivity index (χ0n) is 10.8. The normalized spacial score (nSPS) is 52.2. The second-order valence-corrected chi connectivity index (χ2v) is 7.22. The van der Waals surface area contributed by atoms with Gasteiger partial charge in [0.1, 0.15) is 0 Å². The van der Waals surface area contributed by atoms with Gasteiger partial charge in [0.25, 0.3) is 0 Å². The van der Waals surface area contributed by atoms with Gasteiger partial charge in [-0.25, -0.2) is 0 Å². The maximum atomic E-state index is 3.97. The van der Waals surface area contributed by atoms with E-state index >= 15 is 0 Å². The van der Waals surface area contributed by atoms with E-state index in [0.717, 1.165) is 35.6 Å². The molecule has 0 aromatic heterocycles. The van der Waals surface area contributed by atoms with Crippen molar-refractivity contribution < 1.29 is 0 Å². The molecule has 4 bridgehead atoms. The highest BCUT2D eigenvalue weighted by Gasteiger charge is 2.47. The third kappa shape index (κ3) is 1.94. The Hall–Kier alpha value is -0.0800. The zero-order chi connectivity index (χ0) is 11.2. The van der Waals surface area contributed by atoms with Crippen molar-refractivity contribution in [2.24, 2.45) is 29.6 Å². The molecular weight excluding hydrogens is 208 g/mol. The molecule has 5 rings (SSSR count). The van der Waals surface area contributed by atoms with Gasteiger partial charge in [0.15, 0.2) is 0 Å². The summed E-state index contributed by atoms with van der Waals surface area (Å²) in [6, 6.07) is 0.892. The van der Waals surface area contributed by atoms with Gasteiger partial charge in [-0.05, 0) is 87.7 Å². The highest BCUT2D eigenvalue weighted by Crippen LogP contribution is 2.53. The molecular formula is C15H26N2. The first kappa shape index (κ1) is 10.8. The van der Waals surface area contributed by atoms with Crippen LogP contribution in [0.2, 0.25) is 0 Å². The fourth-order valence-corrected chi connectivity index (χ4v) is 5.45. The van der Waals surface area contributed by atoms with E-state index in [1.165, 1.54) is 26.1 Å². The molecule has 2 nitrogen and oxygen atoms in total.